The van der Waals surface area contributed by atoms with E-state index in [0.29, 0.717) is 24.4 Å². The molecule has 5 aromatic rings. The highest BCUT2D eigenvalue weighted by Gasteiger charge is 2.34. The molecule has 3 aromatic carbocycles. The van der Waals surface area contributed by atoms with Crippen LogP contribution in [0.25, 0.3) is 21.9 Å². The normalized spacial score (nSPS) is 12.7. The van der Waals surface area contributed by atoms with E-state index in [-0.39, 0.29) is 4.90 Å². The molecule has 0 aliphatic carbocycles. The summed E-state index contributed by atoms with van der Waals surface area (Å²) in [5, 5.41) is 10.4. The fourth-order valence-corrected chi connectivity index (χ4v) is 8.15. The number of aryl methyl sites for hydroxylation is 3. The van der Waals surface area contributed by atoms with Crippen molar-refractivity contribution in [1.82, 2.24) is 13.5 Å². The maximum Gasteiger partial charge on any atom is 0.268 e. The third-order valence-corrected chi connectivity index (χ3v) is 11.6. The number of ether oxygens (including phenoxy) is 1. The summed E-state index contributed by atoms with van der Waals surface area (Å²) in [6, 6.07) is 19.8. The van der Waals surface area contributed by atoms with Gasteiger partial charge in [-0.05, 0) is 93.8 Å². The Morgan fingerprint density at radius 2 is 1.67 bits per heavy atom. The number of fused-ring (bicyclic) bond motifs is 2. The molecular formula is C34H40N4O3SSi. The first-order chi connectivity index (χ1) is 20.1. The molecule has 0 unspecified atom stereocenters. The number of imidazole rings is 1. The summed E-state index contributed by atoms with van der Waals surface area (Å²) in [7, 11) is -5.09. The van der Waals surface area contributed by atoms with Gasteiger partial charge in [0.2, 0.25) is 0 Å². The van der Waals surface area contributed by atoms with Crippen molar-refractivity contribution in [1.29, 1.82) is 5.26 Å². The van der Waals surface area contributed by atoms with E-state index in [9.17, 15) is 13.7 Å². The standard InChI is InChI=1S/C34H40N4O3SSi/c1-23-9-12-27(13-10-23)42(39,40)38-16-15-28-31(24(2)19-25(3)32(28)38)34(4,5)33-36-29-20-26(21-35)11-14-30(29)37(33)22-41-17-18-43(6,7)8/h9-16,19-20H,17-18,22H2,1-8H3. The Morgan fingerprint density at radius 3 is 2.33 bits per heavy atom. The summed E-state index contributed by atoms with van der Waals surface area (Å²) in [4.78, 5) is 5.35. The number of hydrogen-bond donors (Lipinski definition) is 0. The number of aromatic nitrogens is 3. The smallest absolute Gasteiger partial charge is 0.268 e. The molecule has 2 heterocycles. The van der Waals surface area contributed by atoms with Crippen LogP contribution in [0, 0.1) is 32.1 Å². The Bertz CT molecular complexity index is 1990. The highest BCUT2D eigenvalue weighted by Crippen LogP contribution is 2.41. The summed E-state index contributed by atoms with van der Waals surface area (Å²) in [6.45, 7) is 18.2. The van der Waals surface area contributed by atoms with Gasteiger partial charge in [0.15, 0.2) is 0 Å². The van der Waals surface area contributed by atoms with Crippen molar-refractivity contribution in [3.63, 3.8) is 0 Å². The van der Waals surface area contributed by atoms with Crippen LogP contribution in [-0.2, 0) is 26.9 Å². The zero-order valence-corrected chi connectivity index (χ0v) is 28.1. The number of rotatable bonds is 9. The lowest BCUT2D eigenvalue weighted by Crippen LogP contribution is -2.27. The van der Waals surface area contributed by atoms with E-state index >= 15 is 0 Å². The third kappa shape index (κ3) is 5.67. The van der Waals surface area contributed by atoms with E-state index in [2.05, 4.69) is 57.1 Å². The quantitative estimate of drug-likeness (QED) is 0.126. The van der Waals surface area contributed by atoms with Gasteiger partial charge in [0.1, 0.15) is 12.6 Å². The van der Waals surface area contributed by atoms with Crippen molar-refractivity contribution in [3.05, 3.63) is 94.4 Å². The average molecular weight is 613 g/mol. The van der Waals surface area contributed by atoms with Crippen LogP contribution < -0.4 is 0 Å². The van der Waals surface area contributed by atoms with Crippen molar-refractivity contribution >= 4 is 40.0 Å². The lowest BCUT2D eigenvalue weighted by atomic mass is 9.78. The first-order valence-corrected chi connectivity index (χ1v) is 19.7. The van der Waals surface area contributed by atoms with Gasteiger partial charge >= 0.3 is 0 Å². The molecule has 0 bridgehead atoms. The summed E-state index contributed by atoms with van der Waals surface area (Å²) in [6.07, 6.45) is 1.66. The maximum absolute atomic E-state index is 13.8. The second-order valence-corrected chi connectivity index (χ2v) is 20.7. The molecule has 0 aliphatic rings. The second kappa shape index (κ2) is 11.1. The summed E-state index contributed by atoms with van der Waals surface area (Å²) in [5.41, 5.74) is 6.15. The molecule has 7 nitrogen and oxygen atoms in total. The Kier molecular flexibility index (Phi) is 7.93. The van der Waals surface area contributed by atoms with Gasteiger partial charge in [-0.15, -0.1) is 0 Å². The fraction of sp³-hybridized carbons (Fsp3) is 0.353. The molecule has 0 saturated carbocycles. The van der Waals surface area contributed by atoms with E-state index in [0.717, 1.165) is 50.5 Å². The topological polar surface area (TPSA) is 89.9 Å². The van der Waals surface area contributed by atoms with Gasteiger partial charge in [0.25, 0.3) is 10.0 Å². The molecule has 0 atom stereocenters. The molecule has 0 radical (unpaired) electrons. The Hall–Kier alpha value is -3.71. The molecule has 0 spiro atoms. The van der Waals surface area contributed by atoms with Crippen LogP contribution >= 0.6 is 0 Å². The lowest BCUT2D eigenvalue weighted by molar-refractivity contribution is 0.0863. The van der Waals surface area contributed by atoms with Crippen LogP contribution in [0.3, 0.4) is 0 Å². The number of hydrogen-bond acceptors (Lipinski definition) is 5. The first kappa shape index (κ1) is 30.7. The summed E-state index contributed by atoms with van der Waals surface area (Å²) in [5.74, 6) is 0.799. The minimum absolute atomic E-state index is 0.252. The van der Waals surface area contributed by atoms with Crippen molar-refractivity contribution in [3.8, 4) is 6.07 Å². The zero-order valence-electron chi connectivity index (χ0n) is 26.3. The van der Waals surface area contributed by atoms with Crippen LogP contribution in [-0.4, -0.2) is 36.6 Å². The number of benzene rings is 3. The van der Waals surface area contributed by atoms with Gasteiger partial charge in [0, 0.05) is 31.7 Å². The third-order valence-electron chi connectivity index (χ3n) is 8.18. The monoisotopic (exact) mass is 612 g/mol. The van der Waals surface area contributed by atoms with E-state index in [1.807, 2.05) is 50.2 Å². The molecule has 2 aromatic heterocycles. The molecule has 224 valence electrons. The largest absolute Gasteiger partial charge is 0.361 e. The van der Waals surface area contributed by atoms with Gasteiger partial charge < -0.3 is 9.30 Å². The summed E-state index contributed by atoms with van der Waals surface area (Å²) >= 11 is 0. The number of nitrogens with zero attached hydrogens (tertiary/aromatic N) is 4. The molecule has 5 rings (SSSR count). The molecule has 0 amide bonds. The molecule has 0 aliphatic heterocycles. The molecular weight excluding hydrogens is 573 g/mol. The highest BCUT2D eigenvalue weighted by molar-refractivity contribution is 7.90. The van der Waals surface area contributed by atoms with Gasteiger partial charge in [0.05, 0.1) is 33.1 Å². The fourth-order valence-electron chi connectivity index (χ4n) is 5.99. The number of nitriles is 1. The van der Waals surface area contributed by atoms with Crippen molar-refractivity contribution in [2.75, 3.05) is 6.61 Å². The predicted octanol–water partition coefficient (Wildman–Crippen LogP) is 7.66. The van der Waals surface area contributed by atoms with E-state index in [1.54, 1.807) is 18.3 Å². The van der Waals surface area contributed by atoms with Gasteiger partial charge in [-0.3, -0.25) is 0 Å². The van der Waals surface area contributed by atoms with E-state index < -0.39 is 23.5 Å². The Balaban J connectivity index is 1.68. The molecule has 0 N–H and O–H groups in total. The van der Waals surface area contributed by atoms with Crippen molar-refractivity contribution in [2.45, 2.75) is 77.3 Å². The van der Waals surface area contributed by atoms with Gasteiger partial charge in [-0.25, -0.2) is 17.4 Å². The lowest BCUT2D eigenvalue weighted by Gasteiger charge is -2.29. The highest BCUT2D eigenvalue weighted by atomic mass is 32.2. The Labute approximate surface area is 255 Å². The van der Waals surface area contributed by atoms with E-state index in [4.69, 9.17) is 9.72 Å². The van der Waals surface area contributed by atoms with Crippen molar-refractivity contribution < 1.29 is 13.2 Å². The van der Waals surface area contributed by atoms with Gasteiger partial charge in [-0.1, -0.05) is 43.4 Å². The van der Waals surface area contributed by atoms with Crippen LogP contribution in [0.2, 0.25) is 25.7 Å². The Morgan fingerprint density at radius 1 is 0.977 bits per heavy atom. The second-order valence-electron chi connectivity index (χ2n) is 13.2. The average Bonchev–Trinajstić information content (AvgIpc) is 3.53. The van der Waals surface area contributed by atoms with Crippen LogP contribution in [0.15, 0.2) is 65.7 Å². The summed E-state index contributed by atoms with van der Waals surface area (Å²) < 4.78 is 37.4. The zero-order chi connectivity index (χ0) is 31.3. The van der Waals surface area contributed by atoms with Crippen LogP contribution in [0.5, 0.6) is 0 Å². The predicted molar refractivity (Wildman–Crippen MR) is 176 cm³/mol. The SMILES string of the molecule is Cc1ccc(S(=O)(=O)n2ccc3c(C(C)(C)c4nc5cc(C#N)ccc5n4COCC[Si](C)(C)C)c(C)cc(C)c32)cc1. The van der Waals surface area contributed by atoms with Crippen molar-refractivity contribution in [2.24, 2.45) is 0 Å². The minimum Gasteiger partial charge on any atom is -0.361 e. The first-order valence-electron chi connectivity index (χ1n) is 14.6. The van der Waals surface area contributed by atoms with Gasteiger partial charge in [-0.2, -0.15) is 5.26 Å². The maximum atomic E-state index is 13.8. The minimum atomic E-state index is -3.82. The molecule has 9 heteroatoms. The molecule has 43 heavy (non-hydrogen) atoms. The molecule has 0 fully saturated rings. The van der Waals surface area contributed by atoms with Crippen LogP contribution in [0.1, 0.15) is 47.5 Å². The molecule has 0 saturated heterocycles. The van der Waals surface area contributed by atoms with Crippen LogP contribution in [0.4, 0.5) is 0 Å². The van der Waals surface area contributed by atoms with E-state index in [1.165, 1.54) is 3.97 Å².